The quantitative estimate of drug-likeness (QED) is 0.476. The molecule has 0 bridgehead atoms. The van der Waals surface area contributed by atoms with Crippen molar-refractivity contribution in [1.82, 2.24) is 14.7 Å². The van der Waals surface area contributed by atoms with Crippen molar-refractivity contribution < 1.29 is 18.3 Å². The number of aryl methyl sites for hydroxylation is 2. The van der Waals surface area contributed by atoms with Crippen LogP contribution < -0.4 is 10.6 Å². The molecule has 10 heteroatoms. The van der Waals surface area contributed by atoms with Crippen molar-refractivity contribution >= 4 is 17.4 Å². The maximum absolute atomic E-state index is 14.4. The number of carbonyl (C=O) groups excluding carboxylic acids is 1. The predicted molar refractivity (Wildman–Crippen MR) is 143 cm³/mol. The highest BCUT2D eigenvalue weighted by Crippen LogP contribution is 2.40. The van der Waals surface area contributed by atoms with Crippen molar-refractivity contribution in [2.75, 3.05) is 37.7 Å². The molecule has 204 valence electrons. The van der Waals surface area contributed by atoms with Crippen molar-refractivity contribution in [3.05, 3.63) is 46.9 Å². The van der Waals surface area contributed by atoms with Gasteiger partial charge in [-0.05, 0) is 55.4 Å². The lowest BCUT2D eigenvalue weighted by molar-refractivity contribution is -0.128. The van der Waals surface area contributed by atoms with Crippen molar-refractivity contribution in [2.24, 2.45) is 17.8 Å². The molecular weight excluding hydrogens is 490 g/mol. The number of rotatable bonds is 4. The monoisotopic (exact) mass is 526 g/mol. The zero-order valence-corrected chi connectivity index (χ0v) is 22.1. The van der Waals surface area contributed by atoms with Gasteiger partial charge in [0, 0.05) is 81.0 Å². The highest BCUT2D eigenvalue weighted by molar-refractivity contribution is 6.11. The van der Waals surface area contributed by atoms with Gasteiger partial charge in [-0.25, -0.2) is 8.78 Å². The van der Waals surface area contributed by atoms with E-state index in [0.29, 0.717) is 61.9 Å². The second kappa shape index (κ2) is 11.2. The average molecular weight is 527 g/mol. The summed E-state index contributed by atoms with van der Waals surface area (Å²) in [6.45, 7) is 4.48. The third-order valence-corrected chi connectivity index (χ3v) is 7.71. The molecule has 0 unspecified atom stereocenters. The van der Waals surface area contributed by atoms with Crippen LogP contribution in [0, 0.1) is 0 Å². The number of fused-ring (bicyclic) bond motifs is 1. The number of aliphatic imine (C=N–C) groups is 1. The molecule has 3 aliphatic rings. The van der Waals surface area contributed by atoms with E-state index in [0.717, 1.165) is 48.9 Å². The van der Waals surface area contributed by atoms with Gasteiger partial charge in [-0.1, -0.05) is 0 Å². The Balaban J connectivity index is 1.62. The summed E-state index contributed by atoms with van der Waals surface area (Å²) >= 11 is 0. The first-order chi connectivity index (χ1) is 18.3. The van der Waals surface area contributed by atoms with Crippen molar-refractivity contribution in [1.29, 1.82) is 0 Å². The third kappa shape index (κ3) is 5.45. The maximum atomic E-state index is 14.4. The van der Waals surface area contributed by atoms with E-state index in [4.69, 9.17) is 15.5 Å². The van der Waals surface area contributed by atoms with E-state index in [-0.39, 0.29) is 17.5 Å². The second-order valence-electron chi connectivity index (χ2n) is 10.4. The molecular formula is C28H36F2N6O2. The van der Waals surface area contributed by atoms with E-state index in [9.17, 15) is 13.6 Å². The Labute approximate surface area is 222 Å². The minimum atomic E-state index is -2.65. The molecule has 1 aromatic carbocycles. The molecule has 3 aliphatic heterocycles. The van der Waals surface area contributed by atoms with Crippen molar-refractivity contribution in [3.63, 3.8) is 0 Å². The molecule has 1 saturated heterocycles. The molecule has 1 atom stereocenters. The normalized spacial score (nSPS) is 21.1. The number of anilines is 1. The fourth-order valence-electron chi connectivity index (χ4n) is 5.62. The van der Waals surface area contributed by atoms with Gasteiger partial charge in [0.15, 0.2) is 0 Å². The highest BCUT2D eigenvalue weighted by atomic mass is 19.3. The van der Waals surface area contributed by atoms with Crippen molar-refractivity contribution in [2.45, 2.75) is 57.9 Å². The van der Waals surface area contributed by atoms with Gasteiger partial charge in [0.25, 0.3) is 6.43 Å². The number of ether oxygens (including phenoxy) is 1. The van der Waals surface area contributed by atoms with E-state index in [2.05, 4.69) is 10.00 Å². The van der Waals surface area contributed by atoms with Crippen LogP contribution >= 0.6 is 0 Å². The molecule has 0 spiro atoms. The van der Waals surface area contributed by atoms with Gasteiger partial charge in [-0.3, -0.25) is 14.5 Å². The summed E-state index contributed by atoms with van der Waals surface area (Å²) < 4.78 is 36.1. The molecule has 1 amide bonds. The van der Waals surface area contributed by atoms with Gasteiger partial charge in [0.1, 0.15) is 5.84 Å². The Bertz CT molecular complexity index is 1250. The lowest BCUT2D eigenvalue weighted by Crippen LogP contribution is -2.45. The molecule has 1 aromatic heterocycles. The van der Waals surface area contributed by atoms with Crippen LogP contribution in [0.15, 0.2) is 40.8 Å². The number of benzene rings is 1. The SMILES string of the molecule is CC(=O)N1CCC(N)=C(C(=N[C@@H]2CCCOCC2)N2CCCc3cc(-c4cnn(C)c4)c(C(F)F)cc32)C1. The summed E-state index contributed by atoms with van der Waals surface area (Å²) in [7, 11) is 1.78. The van der Waals surface area contributed by atoms with Gasteiger partial charge in [-0.15, -0.1) is 0 Å². The molecule has 0 radical (unpaired) electrons. The van der Waals surface area contributed by atoms with Crippen LogP contribution in [0.2, 0.25) is 0 Å². The van der Waals surface area contributed by atoms with Gasteiger partial charge in [0.2, 0.25) is 5.91 Å². The number of alkyl halides is 2. The number of hydrogen-bond donors (Lipinski definition) is 1. The summed E-state index contributed by atoms with van der Waals surface area (Å²) in [6, 6.07) is 3.54. The highest BCUT2D eigenvalue weighted by Gasteiger charge is 2.31. The topological polar surface area (TPSA) is 89.0 Å². The lowest BCUT2D eigenvalue weighted by atomic mass is 9.92. The largest absolute Gasteiger partial charge is 0.402 e. The molecule has 1 fully saturated rings. The number of amidine groups is 1. The van der Waals surface area contributed by atoms with Crippen LogP contribution in [0.1, 0.15) is 56.6 Å². The minimum absolute atomic E-state index is 0.0163. The summed E-state index contributed by atoms with van der Waals surface area (Å²) in [6.07, 6.45) is 5.52. The zero-order chi connectivity index (χ0) is 26.8. The molecule has 2 aromatic rings. The van der Waals surface area contributed by atoms with Gasteiger partial charge in [0.05, 0.1) is 18.8 Å². The first-order valence-corrected chi connectivity index (χ1v) is 13.4. The molecule has 2 N–H and O–H groups in total. The Morgan fingerprint density at radius 3 is 2.76 bits per heavy atom. The van der Waals surface area contributed by atoms with Gasteiger partial charge >= 0.3 is 0 Å². The minimum Gasteiger partial charge on any atom is -0.402 e. The van der Waals surface area contributed by atoms with Crippen LogP contribution in [0.5, 0.6) is 0 Å². The Kier molecular flexibility index (Phi) is 7.78. The number of halogens is 2. The van der Waals surface area contributed by atoms with Crippen LogP contribution in [0.25, 0.3) is 11.1 Å². The van der Waals surface area contributed by atoms with Crippen LogP contribution in [-0.4, -0.2) is 65.3 Å². The van der Waals surface area contributed by atoms with Crippen LogP contribution in [-0.2, 0) is 23.0 Å². The summed E-state index contributed by atoms with van der Waals surface area (Å²) in [5.41, 5.74) is 11.0. The third-order valence-electron chi connectivity index (χ3n) is 7.71. The second-order valence-corrected chi connectivity index (χ2v) is 10.4. The first kappa shape index (κ1) is 26.3. The molecule has 4 heterocycles. The van der Waals surface area contributed by atoms with Crippen LogP contribution in [0.4, 0.5) is 14.5 Å². The summed E-state index contributed by atoms with van der Waals surface area (Å²) in [5, 5.41) is 4.19. The fraction of sp³-hybridized carbons (Fsp3) is 0.536. The number of aromatic nitrogens is 2. The smallest absolute Gasteiger partial charge is 0.264 e. The van der Waals surface area contributed by atoms with Gasteiger partial charge < -0.3 is 20.3 Å². The van der Waals surface area contributed by atoms with E-state index < -0.39 is 6.43 Å². The van der Waals surface area contributed by atoms with E-state index in [1.807, 2.05) is 6.07 Å². The zero-order valence-electron chi connectivity index (χ0n) is 22.1. The van der Waals surface area contributed by atoms with Gasteiger partial charge in [-0.2, -0.15) is 5.10 Å². The number of carbonyl (C=O) groups is 1. The molecule has 0 saturated carbocycles. The van der Waals surface area contributed by atoms with E-state index in [1.165, 1.54) is 0 Å². The molecule has 38 heavy (non-hydrogen) atoms. The summed E-state index contributed by atoms with van der Waals surface area (Å²) in [5.74, 6) is 0.688. The first-order valence-electron chi connectivity index (χ1n) is 13.4. The number of nitrogens with zero attached hydrogens (tertiary/aromatic N) is 5. The molecule has 8 nitrogen and oxygen atoms in total. The van der Waals surface area contributed by atoms with Crippen LogP contribution in [0.3, 0.4) is 0 Å². The Morgan fingerprint density at radius 2 is 2.03 bits per heavy atom. The fourth-order valence-corrected chi connectivity index (χ4v) is 5.62. The number of nitrogens with two attached hydrogens (primary N) is 1. The Morgan fingerprint density at radius 1 is 1.18 bits per heavy atom. The number of hydrogen-bond acceptors (Lipinski definition) is 5. The predicted octanol–water partition coefficient (Wildman–Crippen LogP) is 4.21. The maximum Gasteiger partial charge on any atom is 0.264 e. The Hall–Kier alpha value is -3.27. The lowest BCUT2D eigenvalue weighted by Gasteiger charge is -2.38. The standard InChI is InChI=1S/C28H36F2N6O2/c1-18(37)35-10-7-25(31)24(17-35)28(33-21-6-4-11-38-12-8-21)36-9-3-5-19-13-22(20-15-32-34(2)16-20)23(27(29)30)14-26(19)36/h13-16,21,27H,3-12,17,31H2,1-2H3/t21-/m1/s1. The number of amides is 1. The molecule has 5 rings (SSSR count). The van der Waals surface area contributed by atoms with E-state index in [1.54, 1.807) is 42.0 Å². The van der Waals surface area contributed by atoms with Crippen molar-refractivity contribution in [3.8, 4) is 11.1 Å². The molecule has 0 aliphatic carbocycles. The van der Waals surface area contributed by atoms with E-state index >= 15 is 0 Å². The average Bonchev–Trinajstić information content (AvgIpc) is 3.17. The summed E-state index contributed by atoms with van der Waals surface area (Å²) in [4.78, 5) is 21.4.